The smallest absolute Gasteiger partial charge is 0.243 e. The zero-order valence-corrected chi connectivity index (χ0v) is 20.5. The molecular weight excluding hydrogens is 434 g/mol. The summed E-state index contributed by atoms with van der Waals surface area (Å²) in [7, 11) is -2.34. The fraction of sp³-hybridized carbons (Fsp3) is 0.308. The van der Waals surface area contributed by atoms with Gasteiger partial charge in [-0.15, -0.1) is 0 Å². The number of rotatable bonds is 9. The second-order valence-corrected chi connectivity index (χ2v) is 10.3. The molecule has 1 heterocycles. The first-order valence-electron chi connectivity index (χ1n) is 11.0. The molecule has 0 fully saturated rings. The molecule has 1 amide bonds. The molecule has 0 saturated heterocycles. The fourth-order valence-corrected chi connectivity index (χ4v) is 4.68. The van der Waals surface area contributed by atoms with Crippen molar-refractivity contribution in [3.8, 4) is 0 Å². The molecule has 0 aliphatic carbocycles. The minimum absolute atomic E-state index is 0.190. The van der Waals surface area contributed by atoms with Gasteiger partial charge in [-0.3, -0.25) is 9.78 Å². The highest BCUT2D eigenvalue weighted by atomic mass is 32.2. The summed E-state index contributed by atoms with van der Waals surface area (Å²) in [5, 5.41) is 0. The number of sulfonamides is 1. The van der Waals surface area contributed by atoms with Gasteiger partial charge in [0, 0.05) is 32.5 Å². The Bertz CT molecular complexity index is 1190. The predicted molar refractivity (Wildman–Crippen MR) is 130 cm³/mol. The molecule has 3 aromatic rings. The molecule has 33 heavy (non-hydrogen) atoms. The Morgan fingerprint density at radius 3 is 2.18 bits per heavy atom. The molecule has 0 bridgehead atoms. The van der Waals surface area contributed by atoms with E-state index in [0.717, 1.165) is 33.0 Å². The van der Waals surface area contributed by atoms with E-state index in [-0.39, 0.29) is 17.3 Å². The van der Waals surface area contributed by atoms with Crippen molar-refractivity contribution in [2.75, 3.05) is 13.6 Å². The molecule has 0 unspecified atom stereocenters. The predicted octanol–water partition coefficient (Wildman–Crippen LogP) is 4.11. The average Bonchev–Trinajstić information content (AvgIpc) is 2.81. The maximum Gasteiger partial charge on any atom is 0.243 e. The van der Waals surface area contributed by atoms with Gasteiger partial charge in [0.05, 0.1) is 11.4 Å². The number of likely N-dealkylation sites (N-methyl/N-ethyl adjacent to an activating group) is 1. The van der Waals surface area contributed by atoms with Gasteiger partial charge in [-0.1, -0.05) is 43.3 Å². The fourth-order valence-electron chi connectivity index (χ4n) is 3.47. The summed E-state index contributed by atoms with van der Waals surface area (Å²) >= 11 is 0. The molecule has 174 valence electrons. The summed E-state index contributed by atoms with van der Waals surface area (Å²) in [6.45, 7) is 6.39. The van der Waals surface area contributed by atoms with Gasteiger partial charge in [0.15, 0.2) is 0 Å². The second kappa shape index (κ2) is 10.7. The lowest BCUT2D eigenvalue weighted by atomic mass is 10.1. The first-order chi connectivity index (χ1) is 15.7. The van der Waals surface area contributed by atoms with Crippen LogP contribution in [0.1, 0.15) is 34.7 Å². The van der Waals surface area contributed by atoms with Crippen LogP contribution >= 0.6 is 0 Å². The number of hydrogen-bond donors (Lipinski definition) is 0. The van der Waals surface area contributed by atoms with Crippen LogP contribution in [0, 0.1) is 13.8 Å². The van der Waals surface area contributed by atoms with Crippen LogP contribution in [0.2, 0.25) is 0 Å². The summed E-state index contributed by atoms with van der Waals surface area (Å²) in [5.41, 5.74) is 5.01. The van der Waals surface area contributed by atoms with E-state index in [1.54, 1.807) is 35.5 Å². The number of aromatic nitrogens is 1. The van der Waals surface area contributed by atoms with Crippen LogP contribution in [0.4, 0.5) is 0 Å². The van der Waals surface area contributed by atoms with Crippen molar-refractivity contribution in [1.29, 1.82) is 0 Å². The van der Waals surface area contributed by atoms with Crippen molar-refractivity contribution < 1.29 is 13.2 Å². The van der Waals surface area contributed by atoms with E-state index in [1.165, 1.54) is 12.6 Å². The zero-order valence-electron chi connectivity index (χ0n) is 19.7. The Morgan fingerprint density at radius 2 is 1.58 bits per heavy atom. The summed E-state index contributed by atoms with van der Waals surface area (Å²) in [4.78, 5) is 19.3. The molecule has 0 aliphatic rings. The number of carbonyl (C=O) groups excluding carboxylic acids is 1. The lowest BCUT2D eigenvalue weighted by molar-refractivity contribution is -0.132. The number of benzene rings is 2. The van der Waals surface area contributed by atoms with Crippen molar-refractivity contribution in [3.63, 3.8) is 0 Å². The van der Waals surface area contributed by atoms with Gasteiger partial charge in [0.2, 0.25) is 15.9 Å². The quantitative estimate of drug-likeness (QED) is 0.477. The van der Waals surface area contributed by atoms with Crippen LogP contribution in [0.25, 0.3) is 0 Å². The van der Waals surface area contributed by atoms with Crippen LogP contribution in [0.5, 0.6) is 0 Å². The third kappa shape index (κ3) is 6.27. The molecule has 0 aliphatic heterocycles. The Hall–Kier alpha value is -3.03. The lowest BCUT2D eigenvalue weighted by Gasteiger charge is -2.26. The van der Waals surface area contributed by atoms with Crippen molar-refractivity contribution in [1.82, 2.24) is 14.2 Å². The standard InChI is InChI=1S/C26H31N3O3S/c1-5-22-9-11-23(12-10-22)17-29(18-24-7-6-14-27-16-24)26(30)19-28(4)33(31,32)25-13-8-20(2)21(3)15-25/h6-16H,5,17-19H2,1-4H3. The molecule has 3 rings (SSSR count). The summed E-state index contributed by atoms with van der Waals surface area (Å²) in [6.07, 6.45) is 4.35. The summed E-state index contributed by atoms with van der Waals surface area (Å²) < 4.78 is 27.3. The van der Waals surface area contributed by atoms with E-state index >= 15 is 0 Å². The second-order valence-electron chi connectivity index (χ2n) is 8.29. The summed E-state index contributed by atoms with van der Waals surface area (Å²) in [5.74, 6) is -0.270. The van der Waals surface area contributed by atoms with Crippen LogP contribution in [-0.4, -0.2) is 42.1 Å². The molecule has 0 radical (unpaired) electrons. The van der Waals surface area contributed by atoms with Gasteiger partial charge in [-0.05, 0) is 66.3 Å². The van der Waals surface area contributed by atoms with Crippen LogP contribution in [0.3, 0.4) is 0 Å². The van der Waals surface area contributed by atoms with E-state index in [0.29, 0.717) is 13.1 Å². The monoisotopic (exact) mass is 465 g/mol. The largest absolute Gasteiger partial charge is 0.333 e. The highest BCUT2D eigenvalue weighted by Crippen LogP contribution is 2.19. The first-order valence-corrected chi connectivity index (χ1v) is 12.4. The van der Waals surface area contributed by atoms with Crippen molar-refractivity contribution in [2.24, 2.45) is 0 Å². The SMILES string of the molecule is CCc1ccc(CN(Cc2cccnc2)C(=O)CN(C)S(=O)(=O)c2ccc(C)c(C)c2)cc1. The maximum absolute atomic E-state index is 13.3. The Kier molecular flexibility index (Phi) is 8.00. The van der Waals surface area contributed by atoms with E-state index in [9.17, 15) is 13.2 Å². The van der Waals surface area contributed by atoms with Gasteiger partial charge >= 0.3 is 0 Å². The van der Waals surface area contributed by atoms with Crippen LogP contribution < -0.4 is 0 Å². The van der Waals surface area contributed by atoms with Crippen molar-refractivity contribution in [3.05, 3.63) is 94.8 Å². The highest BCUT2D eigenvalue weighted by molar-refractivity contribution is 7.89. The minimum Gasteiger partial charge on any atom is -0.333 e. The highest BCUT2D eigenvalue weighted by Gasteiger charge is 2.26. The van der Waals surface area contributed by atoms with E-state index in [1.807, 2.05) is 38.1 Å². The maximum atomic E-state index is 13.3. The molecule has 7 heteroatoms. The number of hydrogen-bond acceptors (Lipinski definition) is 4. The van der Waals surface area contributed by atoms with E-state index in [4.69, 9.17) is 0 Å². The first kappa shape index (κ1) is 24.6. The van der Waals surface area contributed by atoms with Gasteiger partial charge in [0.25, 0.3) is 0 Å². The van der Waals surface area contributed by atoms with Crippen LogP contribution in [0.15, 0.2) is 71.9 Å². The third-order valence-corrected chi connectivity index (χ3v) is 7.60. The number of carbonyl (C=O) groups is 1. The van der Waals surface area contributed by atoms with Crippen LogP contribution in [-0.2, 0) is 34.3 Å². The normalized spacial score (nSPS) is 11.5. The number of nitrogens with zero attached hydrogens (tertiary/aromatic N) is 3. The average molecular weight is 466 g/mol. The van der Waals surface area contributed by atoms with Gasteiger partial charge < -0.3 is 4.90 Å². The molecule has 0 N–H and O–H groups in total. The number of pyridine rings is 1. The van der Waals surface area contributed by atoms with Crippen molar-refractivity contribution in [2.45, 2.75) is 45.2 Å². The van der Waals surface area contributed by atoms with E-state index in [2.05, 4.69) is 24.0 Å². The number of amides is 1. The Morgan fingerprint density at radius 1 is 0.909 bits per heavy atom. The molecule has 0 atom stereocenters. The topological polar surface area (TPSA) is 70.6 Å². The van der Waals surface area contributed by atoms with Crippen molar-refractivity contribution >= 4 is 15.9 Å². The zero-order chi connectivity index (χ0) is 24.0. The van der Waals surface area contributed by atoms with Gasteiger partial charge in [0.1, 0.15) is 0 Å². The van der Waals surface area contributed by atoms with Gasteiger partial charge in [-0.2, -0.15) is 4.31 Å². The molecule has 2 aromatic carbocycles. The van der Waals surface area contributed by atoms with E-state index < -0.39 is 10.0 Å². The third-order valence-electron chi connectivity index (χ3n) is 5.80. The lowest BCUT2D eigenvalue weighted by Crippen LogP contribution is -2.40. The van der Waals surface area contributed by atoms with Gasteiger partial charge in [-0.25, -0.2) is 8.42 Å². The molecular formula is C26H31N3O3S. The summed E-state index contributed by atoms with van der Waals surface area (Å²) in [6, 6.07) is 16.9. The molecule has 1 aromatic heterocycles. The molecule has 0 saturated carbocycles. The number of aryl methyl sites for hydroxylation is 3. The minimum atomic E-state index is -3.79. The Labute approximate surface area is 196 Å². The molecule has 0 spiro atoms. The Balaban J connectivity index is 1.81. The molecule has 6 nitrogen and oxygen atoms in total.